The van der Waals surface area contributed by atoms with Crippen molar-refractivity contribution in [1.29, 1.82) is 0 Å². The largest absolute Gasteiger partial charge is 0.362 e. The fourth-order valence-electron chi connectivity index (χ4n) is 3.49. The Labute approximate surface area is 177 Å². The van der Waals surface area contributed by atoms with Gasteiger partial charge in [-0.15, -0.1) is 0 Å². The van der Waals surface area contributed by atoms with Crippen molar-refractivity contribution in [1.82, 2.24) is 14.3 Å². The van der Waals surface area contributed by atoms with Crippen molar-refractivity contribution in [2.24, 2.45) is 0 Å². The maximum absolute atomic E-state index is 12.9. The van der Waals surface area contributed by atoms with E-state index < -0.39 is 10.0 Å². The molecular formula is C23H24N4O2S. The number of benzene rings is 2. The number of nitrogens with zero attached hydrogens (tertiary/aromatic N) is 4. The highest BCUT2D eigenvalue weighted by Gasteiger charge is 2.29. The average Bonchev–Trinajstić information content (AvgIpc) is 2.78. The Balaban J connectivity index is 1.65. The third-order valence-corrected chi connectivity index (χ3v) is 6.56. The summed E-state index contributed by atoms with van der Waals surface area (Å²) in [6.45, 7) is 0.659. The van der Waals surface area contributed by atoms with Crippen molar-refractivity contribution in [3.63, 3.8) is 0 Å². The van der Waals surface area contributed by atoms with Crippen molar-refractivity contribution in [3.8, 4) is 11.4 Å². The third kappa shape index (κ3) is 4.27. The first-order valence-electron chi connectivity index (χ1n) is 9.80. The van der Waals surface area contributed by atoms with Gasteiger partial charge < -0.3 is 4.90 Å². The molecule has 6 nitrogen and oxygen atoms in total. The fraction of sp³-hybridized carbons (Fsp3) is 0.217. The molecule has 0 amide bonds. The Morgan fingerprint density at radius 3 is 2.30 bits per heavy atom. The number of aromatic nitrogens is 2. The zero-order valence-corrected chi connectivity index (χ0v) is 17.9. The van der Waals surface area contributed by atoms with Crippen LogP contribution in [0.3, 0.4) is 0 Å². The summed E-state index contributed by atoms with van der Waals surface area (Å²) in [6.07, 6.45) is 2.18. The van der Waals surface area contributed by atoms with E-state index in [1.165, 1.54) is 9.71 Å². The quantitative estimate of drug-likeness (QED) is 0.631. The average molecular weight is 421 g/mol. The molecule has 0 spiro atoms. The standard InChI is InChI=1S/C23H24N4O2S/c1-26(2)23-20-17-27(30(28,29)16-14-18-9-5-3-6-10-18)15-13-21(20)24-22(25-23)19-11-7-4-8-12-19/h3-12,14,16H,13,15,17H2,1-2H3/b16-14+. The van der Waals surface area contributed by atoms with E-state index in [1.807, 2.05) is 79.7 Å². The van der Waals surface area contributed by atoms with Gasteiger partial charge in [0.05, 0.1) is 5.69 Å². The van der Waals surface area contributed by atoms with Crippen LogP contribution in [0.25, 0.3) is 17.5 Å². The van der Waals surface area contributed by atoms with Crippen molar-refractivity contribution in [3.05, 3.63) is 82.9 Å². The van der Waals surface area contributed by atoms with Crippen molar-refractivity contribution < 1.29 is 8.42 Å². The Bertz CT molecular complexity index is 1160. The molecule has 0 saturated heterocycles. The molecule has 0 aliphatic carbocycles. The lowest BCUT2D eigenvalue weighted by atomic mass is 10.1. The van der Waals surface area contributed by atoms with Crippen molar-refractivity contribution >= 4 is 21.9 Å². The van der Waals surface area contributed by atoms with E-state index in [-0.39, 0.29) is 6.54 Å². The molecule has 1 aromatic heterocycles. The number of hydrogen-bond acceptors (Lipinski definition) is 5. The van der Waals surface area contributed by atoms with Crippen LogP contribution >= 0.6 is 0 Å². The van der Waals surface area contributed by atoms with Gasteiger partial charge in [0.15, 0.2) is 5.82 Å². The predicted octanol–water partition coefficient (Wildman–Crippen LogP) is 3.57. The van der Waals surface area contributed by atoms with Crippen LogP contribution in [0.5, 0.6) is 0 Å². The van der Waals surface area contributed by atoms with E-state index in [1.54, 1.807) is 6.08 Å². The van der Waals surface area contributed by atoms with E-state index in [4.69, 9.17) is 9.97 Å². The molecule has 0 fully saturated rings. The number of anilines is 1. The molecule has 30 heavy (non-hydrogen) atoms. The van der Waals surface area contributed by atoms with E-state index in [0.29, 0.717) is 18.8 Å². The summed E-state index contributed by atoms with van der Waals surface area (Å²) in [6, 6.07) is 19.3. The number of sulfonamides is 1. The highest BCUT2D eigenvalue weighted by atomic mass is 32.2. The van der Waals surface area contributed by atoms with Crippen molar-refractivity contribution in [2.45, 2.75) is 13.0 Å². The van der Waals surface area contributed by atoms with Gasteiger partial charge in [0.25, 0.3) is 0 Å². The van der Waals surface area contributed by atoms with E-state index in [0.717, 1.165) is 28.2 Å². The van der Waals surface area contributed by atoms with Gasteiger partial charge in [-0.3, -0.25) is 0 Å². The van der Waals surface area contributed by atoms with E-state index in [2.05, 4.69) is 0 Å². The maximum Gasteiger partial charge on any atom is 0.236 e. The summed E-state index contributed by atoms with van der Waals surface area (Å²) in [7, 11) is 0.283. The van der Waals surface area contributed by atoms with Gasteiger partial charge >= 0.3 is 0 Å². The Hall–Kier alpha value is -3.03. The number of hydrogen-bond donors (Lipinski definition) is 0. The predicted molar refractivity (Wildman–Crippen MR) is 120 cm³/mol. The Morgan fingerprint density at radius 2 is 1.63 bits per heavy atom. The van der Waals surface area contributed by atoms with Crippen LogP contribution in [0.4, 0.5) is 5.82 Å². The summed E-state index contributed by atoms with van der Waals surface area (Å²) in [5, 5.41) is 1.28. The summed E-state index contributed by atoms with van der Waals surface area (Å²) in [4.78, 5) is 11.4. The van der Waals surface area contributed by atoms with Gasteiger partial charge in [-0.2, -0.15) is 4.31 Å². The lowest BCUT2D eigenvalue weighted by Gasteiger charge is -2.29. The first-order valence-corrected chi connectivity index (χ1v) is 11.3. The molecule has 0 unspecified atom stereocenters. The van der Waals surface area contributed by atoms with Gasteiger partial charge in [0.1, 0.15) is 5.82 Å². The SMILES string of the molecule is CN(C)c1nc(-c2ccccc2)nc2c1CN(S(=O)(=O)/C=C/c1ccccc1)CC2. The number of rotatable bonds is 5. The minimum atomic E-state index is -3.55. The maximum atomic E-state index is 12.9. The lowest BCUT2D eigenvalue weighted by Crippen LogP contribution is -2.36. The van der Waals surface area contributed by atoms with Crippen LogP contribution in [0.1, 0.15) is 16.8 Å². The second-order valence-electron chi connectivity index (χ2n) is 7.40. The summed E-state index contributed by atoms with van der Waals surface area (Å²) < 4.78 is 27.3. The zero-order chi connectivity index (χ0) is 21.1. The van der Waals surface area contributed by atoms with E-state index >= 15 is 0 Å². The summed E-state index contributed by atoms with van der Waals surface area (Å²) >= 11 is 0. The Kier molecular flexibility index (Phi) is 5.65. The summed E-state index contributed by atoms with van der Waals surface area (Å²) in [5.41, 5.74) is 3.57. The van der Waals surface area contributed by atoms with Crippen LogP contribution in [-0.2, 0) is 23.0 Å². The first kappa shape index (κ1) is 20.3. The molecule has 0 saturated carbocycles. The van der Waals surface area contributed by atoms with Crippen LogP contribution < -0.4 is 4.90 Å². The second kappa shape index (κ2) is 8.38. The van der Waals surface area contributed by atoms with Crippen LogP contribution in [0.2, 0.25) is 0 Å². The molecule has 154 valence electrons. The van der Waals surface area contributed by atoms with Gasteiger partial charge in [-0.25, -0.2) is 18.4 Å². The zero-order valence-electron chi connectivity index (χ0n) is 17.1. The van der Waals surface area contributed by atoms with Gasteiger partial charge in [0, 0.05) is 50.1 Å². The topological polar surface area (TPSA) is 66.4 Å². The second-order valence-corrected chi connectivity index (χ2v) is 9.22. The molecule has 3 aromatic rings. The molecular weight excluding hydrogens is 396 g/mol. The molecule has 0 bridgehead atoms. The molecule has 0 atom stereocenters. The molecule has 0 N–H and O–H groups in total. The van der Waals surface area contributed by atoms with Crippen LogP contribution in [-0.4, -0.2) is 43.3 Å². The van der Waals surface area contributed by atoms with Gasteiger partial charge in [-0.1, -0.05) is 60.7 Å². The minimum Gasteiger partial charge on any atom is -0.362 e. The lowest BCUT2D eigenvalue weighted by molar-refractivity contribution is 0.393. The van der Waals surface area contributed by atoms with Gasteiger partial charge in [0.2, 0.25) is 10.0 Å². The van der Waals surface area contributed by atoms with Crippen LogP contribution in [0, 0.1) is 0 Å². The molecule has 2 heterocycles. The highest BCUT2D eigenvalue weighted by Crippen LogP contribution is 2.30. The minimum absolute atomic E-state index is 0.263. The molecule has 2 aromatic carbocycles. The van der Waals surface area contributed by atoms with Crippen LogP contribution in [0.15, 0.2) is 66.1 Å². The smallest absolute Gasteiger partial charge is 0.236 e. The number of fused-ring (bicyclic) bond motifs is 1. The van der Waals surface area contributed by atoms with E-state index in [9.17, 15) is 8.42 Å². The molecule has 1 aliphatic heterocycles. The summed E-state index contributed by atoms with van der Waals surface area (Å²) in [5.74, 6) is 1.42. The fourth-order valence-corrected chi connectivity index (χ4v) is 4.65. The third-order valence-electron chi connectivity index (χ3n) is 5.05. The van der Waals surface area contributed by atoms with Crippen molar-refractivity contribution in [2.75, 3.05) is 25.5 Å². The highest BCUT2D eigenvalue weighted by molar-refractivity contribution is 7.92. The monoisotopic (exact) mass is 420 g/mol. The van der Waals surface area contributed by atoms with Gasteiger partial charge in [-0.05, 0) is 11.6 Å². The molecule has 4 rings (SSSR count). The molecule has 0 radical (unpaired) electrons. The molecule has 1 aliphatic rings. The Morgan fingerprint density at radius 1 is 0.967 bits per heavy atom. The first-order chi connectivity index (χ1) is 14.4. The molecule has 7 heteroatoms. The normalized spacial score (nSPS) is 14.6.